The molecule has 0 radical (unpaired) electrons. The van der Waals surface area contributed by atoms with E-state index >= 15 is 0 Å². The molecule has 0 amide bonds. The number of benzene rings is 2. The summed E-state index contributed by atoms with van der Waals surface area (Å²) in [5.41, 5.74) is 6.83. The average molecular weight is 266 g/mol. The van der Waals surface area contributed by atoms with Crippen LogP contribution in [-0.2, 0) is 6.54 Å². The monoisotopic (exact) mass is 266 g/mol. The molecule has 0 saturated heterocycles. The van der Waals surface area contributed by atoms with E-state index in [1.807, 2.05) is 18.3 Å². The van der Waals surface area contributed by atoms with Crippen LogP contribution in [0.4, 0.5) is 0 Å². The first-order chi connectivity index (χ1) is 9.36. The first kappa shape index (κ1) is 12.2. The lowest BCUT2D eigenvalue weighted by Crippen LogP contribution is -1.99. The van der Waals surface area contributed by atoms with Gasteiger partial charge in [0.05, 0.1) is 0 Å². The van der Waals surface area contributed by atoms with Gasteiger partial charge in [0, 0.05) is 17.6 Å². The summed E-state index contributed by atoms with van der Waals surface area (Å²) >= 11 is 1.66. The standard InChI is InChI=1S/C16H14N2S/c17-11-14-6-3-9-18-16(14)19-15-8-7-12-4-1-2-5-13(12)10-15/h1-10H,11,17H2. The van der Waals surface area contributed by atoms with Crippen molar-refractivity contribution in [1.29, 1.82) is 0 Å². The van der Waals surface area contributed by atoms with Crippen LogP contribution < -0.4 is 5.73 Å². The van der Waals surface area contributed by atoms with Gasteiger partial charge in [0.25, 0.3) is 0 Å². The third kappa shape index (κ3) is 2.62. The zero-order valence-corrected chi connectivity index (χ0v) is 11.2. The number of pyridine rings is 1. The molecule has 19 heavy (non-hydrogen) atoms. The molecule has 1 heterocycles. The van der Waals surface area contributed by atoms with E-state index in [1.165, 1.54) is 15.7 Å². The zero-order valence-electron chi connectivity index (χ0n) is 10.4. The Morgan fingerprint density at radius 1 is 0.947 bits per heavy atom. The predicted octanol–water partition coefficient (Wildman–Crippen LogP) is 3.84. The van der Waals surface area contributed by atoms with Crippen LogP contribution in [0.5, 0.6) is 0 Å². The molecule has 3 heteroatoms. The minimum Gasteiger partial charge on any atom is -0.326 e. The molecule has 2 aromatic carbocycles. The van der Waals surface area contributed by atoms with E-state index < -0.39 is 0 Å². The van der Waals surface area contributed by atoms with E-state index in [-0.39, 0.29) is 0 Å². The van der Waals surface area contributed by atoms with Crippen LogP contribution in [0.25, 0.3) is 10.8 Å². The summed E-state index contributed by atoms with van der Waals surface area (Å²) in [5.74, 6) is 0. The van der Waals surface area contributed by atoms with Crippen molar-refractivity contribution in [3.8, 4) is 0 Å². The third-order valence-electron chi connectivity index (χ3n) is 3.01. The van der Waals surface area contributed by atoms with Crippen molar-refractivity contribution in [1.82, 2.24) is 4.98 Å². The lowest BCUT2D eigenvalue weighted by molar-refractivity contribution is 0.963. The summed E-state index contributed by atoms with van der Waals surface area (Å²) in [5, 5.41) is 3.49. The molecular weight excluding hydrogens is 252 g/mol. The molecule has 3 aromatic rings. The predicted molar refractivity (Wildman–Crippen MR) is 80.2 cm³/mol. The number of nitrogens with two attached hydrogens (primary N) is 1. The van der Waals surface area contributed by atoms with Gasteiger partial charge in [-0.25, -0.2) is 4.98 Å². The van der Waals surface area contributed by atoms with Gasteiger partial charge in [0.15, 0.2) is 0 Å². The molecule has 0 spiro atoms. The minimum absolute atomic E-state index is 0.518. The van der Waals surface area contributed by atoms with E-state index in [0.717, 1.165) is 10.6 Å². The highest BCUT2D eigenvalue weighted by molar-refractivity contribution is 7.99. The maximum atomic E-state index is 5.74. The molecule has 0 aliphatic heterocycles. The summed E-state index contributed by atoms with van der Waals surface area (Å²) in [6.45, 7) is 0.518. The van der Waals surface area contributed by atoms with Crippen LogP contribution in [0, 0.1) is 0 Å². The lowest BCUT2D eigenvalue weighted by atomic mass is 10.1. The largest absolute Gasteiger partial charge is 0.326 e. The summed E-state index contributed by atoms with van der Waals surface area (Å²) in [4.78, 5) is 5.59. The molecule has 2 N–H and O–H groups in total. The van der Waals surface area contributed by atoms with Gasteiger partial charge < -0.3 is 5.73 Å². The molecule has 0 bridgehead atoms. The molecule has 2 nitrogen and oxygen atoms in total. The van der Waals surface area contributed by atoms with Crippen molar-refractivity contribution in [3.05, 3.63) is 66.4 Å². The van der Waals surface area contributed by atoms with Gasteiger partial charge in [0.1, 0.15) is 5.03 Å². The van der Waals surface area contributed by atoms with Gasteiger partial charge in [-0.1, -0.05) is 48.2 Å². The highest BCUT2D eigenvalue weighted by Crippen LogP contribution is 2.30. The SMILES string of the molecule is NCc1cccnc1Sc1ccc2ccccc2c1. The number of rotatable bonds is 3. The van der Waals surface area contributed by atoms with Crippen LogP contribution >= 0.6 is 11.8 Å². The topological polar surface area (TPSA) is 38.9 Å². The number of aromatic nitrogens is 1. The first-order valence-corrected chi connectivity index (χ1v) is 6.99. The van der Waals surface area contributed by atoms with E-state index in [4.69, 9.17) is 5.73 Å². The van der Waals surface area contributed by atoms with Gasteiger partial charge >= 0.3 is 0 Å². The van der Waals surface area contributed by atoms with Gasteiger partial charge in [0.2, 0.25) is 0 Å². The van der Waals surface area contributed by atoms with Crippen molar-refractivity contribution in [2.45, 2.75) is 16.5 Å². The maximum Gasteiger partial charge on any atom is 0.105 e. The Labute approximate surface area is 116 Å². The van der Waals surface area contributed by atoms with E-state index in [0.29, 0.717) is 6.54 Å². The van der Waals surface area contributed by atoms with Crippen molar-refractivity contribution in [2.75, 3.05) is 0 Å². The summed E-state index contributed by atoms with van der Waals surface area (Å²) in [6, 6.07) is 18.8. The second kappa shape index (κ2) is 5.43. The molecule has 0 atom stereocenters. The fourth-order valence-electron chi connectivity index (χ4n) is 2.01. The lowest BCUT2D eigenvalue weighted by Gasteiger charge is -2.06. The Morgan fingerprint density at radius 2 is 1.79 bits per heavy atom. The summed E-state index contributed by atoms with van der Waals surface area (Å²) < 4.78 is 0. The molecular formula is C16H14N2S. The van der Waals surface area contributed by atoms with E-state index in [2.05, 4.69) is 47.4 Å². The van der Waals surface area contributed by atoms with Crippen LogP contribution in [0.3, 0.4) is 0 Å². The third-order valence-corrected chi connectivity index (χ3v) is 4.06. The van der Waals surface area contributed by atoms with E-state index in [1.54, 1.807) is 11.8 Å². The second-order valence-corrected chi connectivity index (χ2v) is 5.35. The Kier molecular flexibility index (Phi) is 3.49. The molecule has 0 saturated carbocycles. The summed E-state index contributed by atoms with van der Waals surface area (Å²) in [7, 11) is 0. The van der Waals surface area contributed by atoms with Gasteiger partial charge in [-0.05, 0) is 34.5 Å². The van der Waals surface area contributed by atoms with Crippen LogP contribution in [0.1, 0.15) is 5.56 Å². The number of hydrogen-bond donors (Lipinski definition) is 1. The van der Waals surface area contributed by atoms with Gasteiger partial charge in [-0.15, -0.1) is 0 Å². The molecule has 94 valence electrons. The van der Waals surface area contributed by atoms with Gasteiger partial charge in [-0.2, -0.15) is 0 Å². The van der Waals surface area contributed by atoms with Gasteiger partial charge in [-0.3, -0.25) is 0 Å². The summed E-state index contributed by atoms with van der Waals surface area (Å²) in [6.07, 6.45) is 1.81. The minimum atomic E-state index is 0.518. The Hall–Kier alpha value is -1.84. The highest BCUT2D eigenvalue weighted by atomic mass is 32.2. The molecule has 0 aliphatic carbocycles. The van der Waals surface area contributed by atoms with Crippen molar-refractivity contribution < 1.29 is 0 Å². The first-order valence-electron chi connectivity index (χ1n) is 6.17. The molecule has 0 aliphatic rings. The van der Waals surface area contributed by atoms with Crippen LogP contribution in [0.2, 0.25) is 0 Å². The Balaban J connectivity index is 1.96. The number of fused-ring (bicyclic) bond motifs is 1. The van der Waals surface area contributed by atoms with Crippen LogP contribution in [0.15, 0.2) is 70.7 Å². The van der Waals surface area contributed by atoms with E-state index in [9.17, 15) is 0 Å². The Morgan fingerprint density at radius 3 is 2.63 bits per heavy atom. The molecule has 0 unspecified atom stereocenters. The maximum absolute atomic E-state index is 5.74. The highest BCUT2D eigenvalue weighted by Gasteiger charge is 2.04. The van der Waals surface area contributed by atoms with Crippen molar-refractivity contribution >= 4 is 22.5 Å². The van der Waals surface area contributed by atoms with Crippen molar-refractivity contribution in [2.24, 2.45) is 5.73 Å². The normalized spacial score (nSPS) is 10.8. The molecule has 0 fully saturated rings. The fraction of sp³-hybridized carbons (Fsp3) is 0.0625. The molecule has 1 aromatic heterocycles. The average Bonchev–Trinajstić information content (AvgIpc) is 2.48. The Bertz CT molecular complexity index is 710. The number of nitrogens with zero attached hydrogens (tertiary/aromatic N) is 1. The van der Waals surface area contributed by atoms with Crippen LogP contribution in [-0.4, -0.2) is 4.98 Å². The van der Waals surface area contributed by atoms with Crippen molar-refractivity contribution in [3.63, 3.8) is 0 Å². The zero-order chi connectivity index (χ0) is 13.1. The second-order valence-electron chi connectivity index (χ2n) is 4.28. The quantitative estimate of drug-likeness (QED) is 0.782. The molecule has 3 rings (SSSR count). The fourth-order valence-corrected chi connectivity index (χ4v) is 2.96. The smallest absolute Gasteiger partial charge is 0.105 e. The number of hydrogen-bond acceptors (Lipinski definition) is 3.